The largest absolute Gasteiger partial charge is 0.345 e. The highest BCUT2D eigenvalue weighted by Crippen LogP contribution is 2.16. The Labute approximate surface area is 94.5 Å². The van der Waals surface area contributed by atoms with Gasteiger partial charge in [-0.05, 0) is 11.1 Å². The third-order valence-electron chi connectivity index (χ3n) is 2.14. The third-order valence-corrected chi connectivity index (χ3v) is 2.35. The molecule has 1 aromatic carbocycles. The Morgan fingerprint density at radius 3 is 2.67 bits per heavy atom. The summed E-state index contributed by atoms with van der Waals surface area (Å²) in [5.74, 6) is 0.766. The number of rotatable bonds is 3. The average molecular weight is 216 g/mol. The third kappa shape index (κ3) is 2.50. The monoisotopic (exact) mass is 216 g/mol. The van der Waals surface area contributed by atoms with E-state index in [4.69, 9.17) is 0 Å². The number of hydrogen-bond donors (Lipinski definition) is 2. The van der Waals surface area contributed by atoms with Crippen LogP contribution in [-0.4, -0.2) is 15.7 Å². The van der Waals surface area contributed by atoms with Gasteiger partial charge in [-0.1, -0.05) is 36.4 Å². The molecule has 2 rings (SSSR count). The number of H-pyrrole nitrogens is 1. The van der Waals surface area contributed by atoms with Crippen molar-refractivity contribution in [3.05, 3.63) is 48.4 Å². The van der Waals surface area contributed by atoms with E-state index in [9.17, 15) is 0 Å². The number of aromatic amines is 1. The number of imidazole rings is 1. The molecule has 3 heteroatoms. The van der Waals surface area contributed by atoms with Crippen molar-refractivity contribution < 1.29 is 0 Å². The maximum Gasteiger partial charge on any atom is 0.0924 e. The van der Waals surface area contributed by atoms with E-state index in [1.165, 1.54) is 5.56 Å². The molecule has 0 bridgehead atoms. The highest BCUT2D eigenvalue weighted by atomic mass is 32.1. The molecule has 0 amide bonds. The van der Waals surface area contributed by atoms with Gasteiger partial charge in [0.2, 0.25) is 0 Å². The molecule has 0 aliphatic rings. The highest BCUT2D eigenvalue weighted by Gasteiger charge is 1.96. The minimum absolute atomic E-state index is 0.766. The zero-order valence-corrected chi connectivity index (χ0v) is 9.11. The average Bonchev–Trinajstić information content (AvgIpc) is 2.80. The van der Waals surface area contributed by atoms with E-state index >= 15 is 0 Å². The van der Waals surface area contributed by atoms with Crippen LogP contribution in [0.5, 0.6) is 0 Å². The van der Waals surface area contributed by atoms with Gasteiger partial charge in [-0.25, -0.2) is 4.98 Å². The molecule has 0 radical (unpaired) electrons. The van der Waals surface area contributed by atoms with Crippen LogP contribution in [0.2, 0.25) is 0 Å². The van der Waals surface area contributed by atoms with E-state index < -0.39 is 0 Å². The first-order chi connectivity index (χ1) is 7.40. The van der Waals surface area contributed by atoms with E-state index in [2.05, 4.69) is 52.9 Å². The molecule has 2 aromatic rings. The van der Waals surface area contributed by atoms with Crippen LogP contribution >= 0.6 is 12.6 Å². The standard InChI is InChI=1S/C12H12N2S/c15-7-1-2-10-3-5-11(6-4-10)12-8-13-9-14-12/h1-6,8-9,15H,7H2,(H,13,14). The lowest BCUT2D eigenvalue weighted by Crippen LogP contribution is -1.77. The van der Waals surface area contributed by atoms with Crippen LogP contribution in [0.3, 0.4) is 0 Å². The highest BCUT2D eigenvalue weighted by molar-refractivity contribution is 7.80. The first-order valence-electron chi connectivity index (χ1n) is 4.76. The molecule has 1 aromatic heterocycles. The summed E-state index contributed by atoms with van der Waals surface area (Å²) in [7, 11) is 0. The lowest BCUT2D eigenvalue weighted by molar-refractivity contribution is 1.31. The van der Waals surface area contributed by atoms with Gasteiger partial charge >= 0.3 is 0 Å². The summed E-state index contributed by atoms with van der Waals surface area (Å²) in [6, 6.07) is 8.31. The van der Waals surface area contributed by atoms with E-state index in [0.29, 0.717) is 0 Å². The first-order valence-corrected chi connectivity index (χ1v) is 5.39. The van der Waals surface area contributed by atoms with E-state index in [0.717, 1.165) is 17.0 Å². The number of thiol groups is 1. The Bertz CT molecular complexity index is 429. The van der Waals surface area contributed by atoms with Crippen LogP contribution in [0.15, 0.2) is 42.9 Å². The smallest absolute Gasteiger partial charge is 0.0924 e. The maximum atomic E-state index is 4.12. The molecule has 0 aliphatic carbocycles. The number of hydrogen-bond acceptors (Lipinski definition) is 2. The molecular weight excluding hydrogens is 204 g/mol. The fourth-order valence-electron chi connectivity index (χ4n) is 1.38. The van der Waals surface area contributed by atoms with Crippen LogP contribution in [0.25, 0.3) is 17.3 Å². The lowest BCUT2D eigenvalue weighted by atomic mass is 10.1. The Balaban J connectivity index is 2.21. The summed E-state index contributed by atoms with van der Waals surface area (Å²) in [6.07, 6.45) is 7.58. The predicted molar refractivity (Wildman–Crippen MR) is 66.9 cm³/mol. The van der Waals surface area contributed by atoms with Gasteiger partial charge in [-0.2, -0.15) is 12.6 Å². The molecule has 0 saturated carbocycles. The minimum Gasteiger partial charge on any atom is -0.345 e. The van der Waals surface area contributed by atoms with Gasteiger partial charge in [0, 0.05) is 5.75 Å². The van der Waals surface area contributed by atoms with Gasteiger partial charge in [-0.15, -0.1) is 0 Å². The second-order valence-electron chi connectivity index (χ2n) is 3.17. The molecule has 0 aliphatic heterocycles. The lowest BCUT2D eigenvalue weighted by Gasteiger charge is -1.98. The topological polar surface area (TPSA) is 28.7 Å². The Hall–Kier alpha value is -1.48. The van der Waals surface area contributed by atoms with Crippen molar-refractivity contribution in [1.82, 2.24) is 9.97 Å². The molecule has 2 nitrogen and oxygen atoms in total. The van der Waals surface area contributed by atoms with Crippen molar-refractivity contribution in [3.8, 4) is 11.3 Å². The Kier molecular flexibility index (Phi) is 3.25. The molecule has 0 saturated heterocycles. The van der Waals surface area contributed by atoms with Crippen molar-refractivity contribution >= 4 is 18.7 Å². The maximum absolute atomic E-state index is 4.12. The van der Waals surface area contributed by atoms with Crippen molar-refractivity contribution in [2.75, 3.05) is 5.75 Å². The van der Waals surface area contributed by atoms with Crippen molar-refractivity contribution in [2.45, 2.75) is 0 Å². The number of benzene rings is 1. The molecule has 0 unspecified atom stereocenters. The van der Waals surface area contributed by atoms with Crippen molar-refractivity contribution in [3.63, 3.8) is 0 Å². The first kappa shape index (κ1) is 10.1. The molecule has 0 spiro atoms. The Morgan fingerprint density at radius 1 is 1.27 bits per heavy atom. The second kappa shape index (κ2) is 4.84. The van der Waals surface area contributed by atoms with Crippen molar-refractivity contribution in [1.29, 1.82) is 0 Å². The number of nitrogens with zero attached hydrogens (tertiary/aromatic N) is 1. The fraction of sp³-hybridized carbons (Fsp3) is 0.0833. The van der Waals surface area contributed by atoms with E-state index in [1.54, 1.807) is 6.33 Å². The van der Waals surface area contributed by atoms with Gasteiger partial charge in [0.1, 0.15) is 0 Å². The summed E-state index contributed by atoms with van der Waals surface area (Å²) in [6.45, 7) is 0. The molecule has 15 heavy (non-hydrogen) atoms. The van der Waals surface area contributed by atoms with Crippen LogP contribution in [0.1, 0.15) is 5.56 Å². The number of aromatic nitrogens is 2. The predicted octanol–water partition coefficient (Wildman–Crippen LogP) is 3.02. The molecule has 1 N–H and O–H groups in total. The molecule has 1 heterocycles. The SMILES string of the molecule is SCC=Cc1ccc(-c2cnc[nH]2)cc1. The fourth-order valence-corrected chi connectivity index (χ4v) is 1.48. The summed E-state index contributed by atoms with van der Waals surface area (Å²) in [5, 5.41) is 0. The van der Waals surface area contributed by atoms with Gasteiger partial charge in [-0.3, -0.25) is 0 Å². The molecule has 0 atom stereocenters. The van der Waals surface area contributed by atoms with Gasteiger partial charge in [0.15, 0.2) is 0 Å². The molecular formula is C12H12N2S. The summed E-state index contributed by atoms with van der Waals surface area (Å²) < 4.78 is 0. The normalized spacial score (nSPS) is 11.0. The minimum atomic E-state index is 0.766. The van der Waals surface area contributed by atoms with E-state index in [-0.39, 0.29) is 0 Å². The zero-order chi connectivity index (χ0) is 10.5. The van der Waals surface area contributed by atoms with Gasteiger partial charge in [0.25, 0.3) is 0 Å². The van der Waals surface area contributed by atoms with E-state index in [1.807, 2.05) is 12.3 Å². The Morgan fingerprint density at radius 2 is 2.07 bits per heavy atom. The quantitative estimate of drug-likeness (QED) is 0.759. The van der Waals surface area contributed by atoms with Crippen LogP contribution in [0.4, 0.5) is 0 Å². The second-order valence-corrected chi connectivity index (χ2v) is 3.54. The summed E-state index contributed by atoms with van der Waals surface area (Å²) >= 11 is 4.12. The zero-order valence-electron chi connectivity index (χ0n) is 8.22. The van der Waals surface area contributed by atoms with Crippen LogP contribution in [-0.2, 0) is 0 Å². The summed E-state index contributed by atoms with van der Waals surface area (Å²) in [5.41, 5.74) is 3.38. The van der Waals surface area contributed by atoms with Crippen LogP contribution in [0, 0.1) is 0 Å². The molecule has 76 valence electrons. The van der Waals surface area contributed by atoms with Crippen LogP contribution < -0.4 is 0 Å². The van der Waals surface area contributed by atoms with Gasteiger partial charge in [0.05, 0.1) is 18.2 Å². The number of nitrogens with one attached hydrogen (secondary N) is 1. The molecule has 0 fully saturated rings. The van der Waals surface area contributed by atoms with Gasteiger partial charge < -0.3 is 4.98 Å². The van der Waals surface area contributed by atoms with Crippen molar-refractivity contribution in [2.24, 2.45) is 0 Å². The summed E-state index contributed by atoms with van der Waals surface area (Å²) in [4.78, 5) is 7.07.